The van der Waals surface area contributed by atoms with Crippen LogP contribution in [-0.2, 0) is 0 Å². The minimum atomic E-state index is -0.316. The van der Waals surface area contributed by atoms with Gasteiger partial charge in [0.2, 0.25) is 0 Å². The summed E-state index contributed by atoms with van der Waals surface area (Å²) in [4.78, 5) is 0. The average molecular weight is 163 g/mol. The van der Waals surface area contributed by atoms with Crippen LogP contribution in [0, 0.1) is 40.4 Å². The maximum atomic E-state index is 9.82. The lowest BCUT2D eigenvalue weighted by atomic mass is 9.41. The SMILES string of the molecule is CC12C3CC1C(O)C(C#N)C2C3. The molecule has 12 heavy (non-hydrogen) atoms. The van der Waals surface area contributed by atoms with Crippen molar-refractivity contribution in [2.24, 2.45) is 29.1 Å². The van der Waals surface area contributed by atoms with Crippen LogP contribution in [0.5, 0.6) is 0 Å². The van der Waals surface area contributed by atoms with E-state index < -0.39 is 0 Å². The van der Waals surface area contributed by atoms with Crippen molar-refractivity contribution in [2.75, 3.05) is 0 Å². The van der Waals surface area contributed by atoms with E-state index in [4.69, 9.17) is 5.26 Å². The summed E-state index contributed by atoms with van der Waals surface area (Å²) < 4.78 is 0. The maximum absolute atomic E-state index is 9.82. The summed E-state index contributed by atoms with van der Waals surface area (Å²) in [5, 5.41) is 18.7. The third-order valence-corrected chi connectivity index (χ3v) is 4.92. The first-order chi connectivity index (χ1) is 5.69. The van der Waals surface area contributed by atoms with Gasteiger partial charge in [-0.1, -0.05) is 6.92 Å². The van der Waals surface area contributed by atoms with Crippen molar-refractivity contribution in [3.8, 4) is 6.07 Å². The van der Waals surface area contributed by atoms with Gasteiger partial charge in [0.05, 0.1) is 18.1 Å². The molecule has 0 aromatic carbocycles. The largest absolute Gasteiger partial charge is 0.391 e. The number of aliphatic hydroxyl groups is 1. The number of nitriles is 1. The molecule has 6 unspecified atom stereocenters. The molecule has 0 aliphatic heterocycles. The molecule has 0 spiro atoms. The van der Waals surface area contributed by atoms with Gasteiger partial charge in [-0.15, -0.1) is 0 Å². The molecule has 3 saturated carbocycles. The lowest BCUT2D eigenvalue weighted by molar-refractivity contribution is -0.158. The Balaban J connectivity index is 2.01. The third kappa shape index (κ3) is 0.434. The summed E-state index contributed by atoms with van der Waals surface area (Å²) in [6, 6.07) is 2.28. The molecule has 3 aliphatic rings. The van der Waals surface area contributed by atoms with Crippen molar-refractivity contribution in [3.63, 3.8) is 0 Å². The van der Waals surface area contributed by atoms with Gasteiger partial charge in [-0.05, 0) is 36.0 Å². The van der Waals surface area contributed by atoms with E-state index in [0.29, 0.717) is 17.3 Å². The van der Waals surface area contributed by atoms with Gasteiger partial charge < -0.3 is 5.11 Å². The third-order valence-electron chi connectivity index (χ3n) is 4.92. The smallest absolute Gasteiger partial charge is 0.0759 e. The fraction of sp³-hybridized carbons (Fsp3) is 0.900. The monoisotopic (exact) mass is 163 g/mol. The summed E-state index contributed by atoms with van der Waals surface area (Å²) >= 11 is 0. The van der Waals surface area contributed by atoms with E-state index in [1.165, 1.54) is 12.8 Å². The molecule has 0 heterocycles. The minimum Gasteiger partial charge on any atom is -0.391 e. The number of hydrogen-bond acceptors (Lipinski definition) is 2. The molecule has 2 nitrogen and oxygen atoms in total. The second kappa shape index (κ2) is 1.70. The number of aliphatic hydroxyl groups excluding tert-OH is 1. The van der Waals surface area contributed by atoms with Gasteiger partial charge in [0.1, 0.15) is 0 Å². The highest BCUT2D eigenvalue weighted by molar-refractivity contribution is 5.24. The van der Waals surface area contributed by atoms with Crippen molar-refractivity contribution < 1.29 is 5.11 Å². The van der Waals surface area contributed by atoms with Crippen LogP contribution in [0.3, 0.4) is 0 Å². The van der Waals surface area contributed by atoms with Crippen LogP contribution in [0.2, 0.25) is 0 Å². The maximum Gasteiger partial charge on any atom is 0.0759 e. The van der Waals surface area contributed by atoms with E-state index in [1.54, 1.807) is 0 Å². The Morgan fingerprint density at radius 3 is 2.58 bits per heavy atom. The Morgan fingerprint density at radius 1 is 1.42 bits per heavy atom. The molecule has 64 valence electrons. The van der Waals surface area contributed by atoms with Crippen LogP contribution < -0.4 is 0 Å². The summed E-state index contributed by atoms with van der Waals surface area (Å²) in [5.74, 6) is 1.74. The second-order valence-electron chi connectivity index (χ2n) is 4.89. The molecule has 0 amide bonds. The Morgan fingerprint density at radius 2 is 2.08 bits per heavy atom. The lowest BCUT2D eigenvalue weighted by Gasteiger charge is -2.63. The molecule has 0 aromatic heterocycles. The highest BCUT2D eigenvalue weighted by Gasteiger charge is 2.73. The molecule has 3 rings (SSSR count). The summed E-state index contributed by atoms with van der Waals surface area (Å²) in [6.45, 7) is 2.26. The molecule has 3 aliphatic carbocycles. The molecule has 1 N–H and O–H groups in total. The summed E-state index contributed by atoms with van der Waals surface area (Å²) in [5.41, 5.74) is 0.361. The molecule has 0 radical (unpaired) electrons. The Labute approximate surface area is 72.2 Å². The van der Waals surface area contributed by atoms with E-state index in [-0.39, 0.29) is 12.0 Å². The average Bonchev–Trinajstić information content (AvgIpc) is 2.23. The number of hydrogen-bond donors (Lipinski definition) is 1. The van der Waals surface area contributed by atoms with Gasteiger partial charge in [0, 0.05) is 0 Å². The predicted molar refractivity (Wildman–Crippen MR) is 42.9 cm³/mol. The van der Waals surface area contributed by atoms with E-state index >= 15 is 0 Å². The predicted octanol–water partition coefficient (Wildman–Crippen LogP) is 1.16. The van der Waals surface area contributed by atoms with Crippen molar-refractivity contribution in [3.05, 3.63) is 0 Å². The van der Waals surface area contributed by atoms with Crippen LogP contribution >= 0.6 is 0 Å². The Hall–Kier alpha value is -0.550. The molecule has 0 aromatic rings. The zero-order valence-corrected chi connectivity index (χ0v) is 7.20. The molecule has 2 heteroatoms. The first-order valence-corrected chi connectivity index (χ1v) is 4.77. The van der Waals surface area contributed by atoms with Crippen molar-refractivity contribution >= 4 is 0 Å². The molecule has 3 fully saturated rings. The molecule has 0 saturated heterocycles. The number of nitrogens with zero attached hydrogens (tertiary/aromatic N) is 1. The van der Waals surface area contributed by atoms with E-state index in [2.05, 4.69) is 13.0 Å². The highest BCUT2D eigenvalue weighted by atomic mass is 16.3. The zero-order chi connectivity index (χ0) is 8.51. The van der Waals surface area contributed by atoms with Crippen LogP contribution in [0.25, 0.3) is 0 Å². The standard InChI is InChI=1S/C10H13NO/c1-10-5-2-7(10)6(4-11)9(12)8(10)3-5/h5-9,12H,2-3H2,1H3. The topological polar surface area (TPSA) is 44.0 Å². The minimum absolute atomic E-state index is 0.0567. The Bertz CT molecular complexity index is 282. The Kier molecular flexibility index (Phi) is 0.977. The fourth-order valence-corrected chi connectivity index (χ4v) is 3.98. The van der Waals surface area contributed by atoms with Gasteiger partial charge in [-0.3, -0.25) is 0 Å². The van der Waals surface area contributed by atoms with Gasteiger partial charge >= 0.3 is 0 Å². The van der Waals surface area contributed by atoms with Crippen molar-refractivity contribution in [2.45, 2.75) is 25.9 Å². The van der Waals surface area contributed by atoms with Crippen LogP contribution in [0.15, 0.2) is 0 Å². The summed E-state index contributed by atoms with van der Waals surface area (Å²) in [6.07, 6.45) is 2.05. The van der Waals surface area contributed by atoms with Crippen LogP contribution in [0.4, 0.5) is 0 Å². The fourth-order valence-electron chi connectivity index (χ4n) is 3.98. The normalized spacial score (nSPS) is 65.9. The number of rotatable bonds is 0. The molecule has 6 atom stereocenters. The van der Waals surface area contributed by atoms with E-state index in [0.717, 1.165) is 5.92 Å². The first-order valence-electron chi connectivity index (χ1n) is 4.77. The lowest BCUT2D eigenvalue weighted by Crippen LogP contribution is -2.57. The van der Waals surface area contributed by atoms with Gasteiger partial charge in [-0.2, -0.15) is 5.26 Å². The first kappa shape index (κ1) is 6.91. The molecule has 0 bridgehead atoms. The second-order valence-corrected chi connectivity index (χ2v) is 4.89. The van der Waals surface area contributed by atoms with Crippen molar-refractivity contribution in [1.29, 1.82) is 5.26 Å². The van der Waals surface area contributed by atoms with Crippen molar-refractivity contribution in [1.82, 2.24) is 0 Å². The highest BCUT2D eigenvalue weighted by Crippen LogP contribution is 2.75. The van der Waals surface area contributed by atoms with Gasteiger partial charge in [0.15, 0.2) is 0 Å². The quantitative estimate of drug-likeness (QED) is 0.582. The van der Waals surface area contributed by atoms with Gasteiger partial charge in [0.25, 0.3) is 0 Å². The van der Waals surface area contributed by atoms with Crippen LogP contribution in [-0.4, -0.2) is 11.2 Å². The molecular weight excluding hydrogens is 150 g/mol. The van der Waals surface area contributed by atoms with E-state index in [9.17, 15) is 5.11 Å². The zero-order valence-electron chi connectivity index (χ0n) is 7.20. The van der Waals surface area contributed by atoms with E-state index in [1.807, 2.05) is 0 Å². The van der Waals surface area contributed by atoms with Gasteiger partial charge in [-0.25, -0.2) is 0 Å². The van der Waals surface area contributed by atoms with Crippen LogP contribution in [0.1, 0.15) is 19.8 Å². The molecular formula is C10H13NO. The summed E-state index contributed by atoms with van der Waals surface area (Å²) in [7, 11) is 0.